The maximum atomic E-state index is 12.8. The third-order valence-corrected chi connectivity index (χ3v) is 7.05. The van der Waals surface area contributed by atoms with E-state index in [1.54, 1.807) is 24.3 Å². The number of hydrogen-bond donors (Lipinski definition) is 0. The Bertz CT molecular complexity index is 885. The summed E-state index contributed by atoms with van der Waals surface area (Å²) in [5.41, 5.74) is 1.90. The quantitative estimate of drug-likeness (QED) is 0.667. The molecule has 0 amide bonds. The molecule has 0 spiro atoms. The highest BCUT2D eigenvalue weighted by molar-refractivity contribution is 7.86. The van der Waals surface area contributed by atoms with Crippen LogP contribution < -0.4 is 0 Å². The molecule has 0 bridgehead atoms. The van der Waals surface area contributed by atoms with Gasteiger partial charge in [-0.1, -0.05) is 48.0 Å². The highest BCUT2D eigenvalue weighted by atomic mass is 32.2. The summed E-state index contributed by atoms with van der Waals surface area (Å²) in [5, 5.41) is 0. The number of likely N-dealkylation sites (tertiary alicyclic amines) is 1. The molecule has 0 N–H and O–H groups in total. The van der Waals surface area contributed by atoms with Crippen molar-refractivity contribution in [3.05, 3.63) is 65.7 Å². The molecular weight excluding hydrogens is 370 g/mol. The SMILES string of the molecule is Cc1ccc(S(=O)(=O)OC2CC(C)(C)N(Cc3ccccc3)C(C)(C)C2)cc1. The van der Waals surface area contributed by atoms with Gasteiger partial charge in [-0.3, -0.25) is 9.08 Å². The molecule has 4 nitrogen and oxygen atoms in total. The topological polar surface area (TPSA) is 46.6 Å². The largest absolute Gasteiger partial charge is 0.297 e. The van der Waals surface area contributed by atoms with Gasteiger partial charge in [-0.05, 0) is 65.2 Å². The van der Waals surface area contributed by atoms with Crippen LogP contribution in [0.2, 0.25) is 0 Å². The van der Waals surface area contributed by atoms with Gasteiger partial charge in [-0.25, -0.2) is 0 Å². The number of rotatable bonds is 5. The zero-order valence-electron chi connectivity index (χ0n) is 17.5. The Balaban J connectivity index is 1.79. The van der Waals surface area contributed by atoms with E-state index in [4.69, 9.17) is 4.18 Å². The first-order chi connectivity index (χ1) is 13.0. The van der Waals surface area contributed by atoms with Crippen molar-refractivity contribution < 1.29 is 12.6 Å². The first kappa shape index (κ1) is 21.0. The predicted octanol–water partition coefficient (Wildman–Crippen LogP) is 4.92. The summed E-state index contributed by atoms with van der Waals surface area (Å²) >= 11 is 0. The predicted molar refractivity (Wildman–Crippen MR) is 113 cm³/mol. The number of benzene rings is 2. The molecule has 5 heteroatoms. The van der Waals surface area contributed by atoms with Gasteiger partial charge < -0.3 is 0 Å². The van der Waals surface area contributed by atoms with E-state index in [2.05, 4.69) is 56.9 Å². The van der Waals surface area contributed by atoms with Gasteiger partial charge in [0, 0.05) is 17.6 Å². The lowest BCUT2D eigenvalue weighted by atomic mass is 9.78. The van der Waals surface area contributed by atoms with E-state index in [9.17, 15) is 8.42 Å². The third kappa shape index (κ3) is 4.65. The van der Waals surface area contributed by atoms with Crippen molar-refractivity contribution in [1.29, 1.82) is 0 Å². The van der Waals surface area contributed by atoms with Gasteiger partial charge >= 0.3 is 0 Å². The monoisotopic (exact) mass is 401 g/mol. The third-order valence-electron chi connectivity index (χ3n) is 5.67. The second-order valence-electron chi connectivity index (χ2n) is 9.09. The summed E-state index contributed by atoms with van der Waals surface area (Å²) in [6.45, 7) is 11.5. The van der Waals surface area contributed by atoms with Crippen LogP contribution in [0.1, 0.15) is 51.7 Å². The van der Waals surface area contributed by atoms with Crippen molar-refractivity contribution in [2.45, 2.75) is 76.1 Å². The minimum atomic E-state index is -3.77. The van der Waals surface area contributed by atoms with Crippen molar-refractivity contribution >= 4 is 10.1 Å². The Morgan fingerprint density at radius 1 is 0.929 bits per heavy atom. The van der Waals surface area contributed by atoms with Crippen LogP contribution in [-0.4, -0.2) is 30.5 Å². The first-order valence-corrected chi connectivity index (χ1v) is 11.2. The molecule has 0 atom stereocenters. The summed E-state index contributed by atoms with van der Waals surface area (Å²) in [7, 11) is -3.77. The summed E-state index contributed by atoms with van der Waals surface area (Å²) in [4.78, 5) is 2.69. The van der Waals surface area contributed by atoms with Crippen molar-refractivity contribution in [1.82, 2.24) is 4.90 Å². The average molecular weight is 402 g/mol. The maximum absolute atomic E-state index is 12.8. The fourth-order valence-electron chi connectivity index (χ4n) is 4.43. The molecule has 0 unspecified atom stereocenters. The number of aryl methyl sites for hydroxylation is 1. The molecule has 152 valence electrons. The summed E-state index contributed by atoms with van der Waals surface area (Å²) in [5.74, 6) is 0. The van der Waals surface area contributed by atoms with Gasteiger partial charge in [0.25, 0.3) is 10.1 Å². The highest BCUT2D eigenvalue weighted by Crippen LogP contribution is 2.41. The molecule has 2 aromatic carbocycles. The van der Waals surface area contributed by atoms with Crippen molar-refractivity contribution in [2.24, 2.45) is 0 Å². The van der Waals surface area contributed by atoms with Gasteiger partial charge in [-0.2, -0.15) is 8.42 Å². The maximum Gasteiger partial charge on any atom is 0.297 e. The molecule has 1 fully saturated rings. The first-order valence-electron chi connectivity index (χ1n) is 9.81. The molecule has 0 saturated carbocycles. The smallest absolute Gasteiger partial charge is 0.289 e. The lowest BCUT2D eigenvalue weighted by Gasteiger charge is -2.55. The van der Waals surface area contributed by atoms with E-state index in [0.29, 0.717) is 12.8 Å². The van der Waals surface area contributed by atoms with Crippen molar-refractivity contribution in [3.8, 4) is 0 Å². The van der Waals surface area contributed by atoms with Crippen LogP contribution in [0.25, 0.3) is 0 Å². The Hall–Kier alpha value is -1.69. The van der Waals surface area contributed by atoms with E-state index < -0.39 is 10.1 Å². The second kappa shape index (κ2) is 7.62. The minimum absolute atomic E-state index is 0.189. The Morgan fingerprint density at radius 2 is 1.46 bits per heavy atom. The van der Waals surface area contributed by atoms with Gasteiger partial charge in [0.1, 0.15) is 0 Å². The fourth-order valence-corrected chi connectivity index (χ4v) is 5.50. The average Bonchev–Trinajstić information content (AvgIpc) is 2.58. The molecule has 1 heterocycles. The Morgan fingerprint density at radius 3 is 2.00 bits per heavy atom. The molecule has 28 heavy (non-hydrogen) atoms. The molecule has 0 aliphatic carbocycles. The molecular formula is C23H31NO3S. The van der Waals surface area contributed by atoms with Crippen LogP contribution in [0.5, 0.6) is 0 Å². The zero-order chi connectivity index (χ0) is 20.6. The molecule has 2 aromatic rings. The zero-order valence-corrected chi connectivity index (χ0v) is 18.3. The van der Waals surface area contributed by atoms with Crippen LogP contribution in [-0.2, 0) is 20.8 Å². The molecule has 3 rings (SSSR count). The lowest BCUT2D eigenvalue weighted by Crippen LogP contribution is -2.61. The Kier molecular flexibility index (Phi) is 5.72. The van der Waals surface area contributed by atoms with Gasteiger partial charge in [0.05, 0.1) is 11.0 Å². The van der Waals surface area contributed by atoms with Crippen LogP contribution in [0.15, 0.2) is 59.5 Å². The van der Waals surface area contributed by atoms with E-state index in [1.165, 1.54) is 5.56 Å². The van der Waals surface area contributed by atoms with Crippen molar-refractivity contribution in [2.75, 3.05) is 0 Å². The molecule has 1 aliphatic heterocycles. The molecule has 1 saturated heterocycles. The van der Waals surface area contributed by atoms with E-state index in [1.807, 2.05) is 13.0 Å². The standard InChI is InChI=1S/C23H31NO3S/c1-18-11-13-21(14-12-18)28(25,26)27-20-15-22(2,3)24(23(4,5)16-20)17-19-9-7-6-8-10-19/h6-14,20H,15-17H2,1-5H3. The molecule has 1 aliphatic rings. The van der Waals surface area contributed by atoms with Crippen LogP contribution in [0.4, 0.5) is 0 Å². The van der Waals surface area contributed by atoms with Crippen LogP contribution in [0.3, 0.4) is 0 Å². The Labute approximate surface area is 169 Å². The lowest BCUT2D eigenvalue weighted by molar-refractivity contribution is -0.0773. The van der Waals surface area contributed by atoms with Gasteiger partial charge in [0.15, 0.2) is 0 Å². The number of nitrogens with zero attached hydrogens (tertiary/aromatic N) is 1. The summed E-state index contributed by atoms with van der Waals surface area (Å²) in [6.07, 6.45) is 0.978. The highest BCUT2D eigenvalue weighted by Gasteiger charge is 2.46. The van der Waals surface area contributed by atoms with E-state index >= 15 is 0 Å². The molecule has 0 radical (unpaired) electrons. The van der Waals surface area contributed by atoms with Crippen LogP contribution in [0, 0.1) is 6.92 Å². The second-order valence-corrected chi connectivity index (χ2v) is 10.7. The molecule has 0 aromatic heterocycles. The van der Waals surface area contributed by atoms with E-state index in [-0.39, 0.29) is 22.1 Å². The number of piperidine rings is 1. The normalized spacial score (nSPS) is 20.2. The van der Waals surface area contributed by atoms with E-state index in [0.717, 1.165) is 12.1 Å². The summed E-state index contributed by atoms with van der Waals surface area (Å²) < 4.78 is 31.3. The van der Waals surface area contributed by atoms with Crippen LogP contribution >= 0.6 is 0 Å². The van der Waals surface area contributed by atoms with Gasteiger partial charge in [-0.15, -0.1) is 0 Å². The number of hydrogen-bond acceptors (Lipinski definition) is 4. The summed E-state index contributed by atoms with van der Waals surface area (Å²) in [6, 6.07) is 17.2. The minimum Gasteiger partial charge on any atom is -0.289 e. The van der Waals surface area contributed by atoms with Gasteiger partial charge in [0.2, 0.25) is 0 Å². The fraction of sp³-hybridized carbons (Fsp3) is 0.478. The van der Waals surface area contributed by atoms with Crippen molar-refractivity contribution in [3.63, 3.8) is 0 Å².